The number of carbonyl (C=O) groups excluding carboxylic acids is 3. The van der Waals surface area contributed by atoms with Crippen LogP contribution in [0.25, 0.3) is 10.9 Å². The number of aryl methyl sites for hydroxylation is 1. The molecular weight excluding hydrogens is 382 g/mol. The van der Waals surface area contributed by atoms with E-state index < -0.39 is 24.6 Å². The molecule has 156 valence electrons. The zero-order chi connectivity index (χ0) is 21.7. The number of esters is 1. The maximum absolute atomic E-state index is 12.7. The minimum Gasteiger partial charge on any atom is -0.456 e. The lowest BCUT2D eigenvalue weighted by atomic mass is 10.0. The topological polar surface area (TPSA) is 100 Å². The molecule has 0 radical (unpaired) electrons. The van der Waals surface area contributed by atoms with Crippen LogP contribution in [0.2, 0.25) is 0 Å². The molecule has 3 aromatic rings. The van der Waals surface area contributed by atoms with E-state index in [2.05, 4.69) is 15.6 Å². The first-order valence-corrected chi connectivity index (χ1v) is 9.76. The maximum Gasteiger partial charge on any atom is 0.329 e. The van der Waals surface area contributed by atoms with Crippen LogP contribution in [0.3, 0.4) is 0 Å². The fraction of sp³-hybridized carbons (Fsp3) is 0.261. The molecule has 0 saturated carbocycles. The average Bonchev–Trinajstić information content (AvgIpc) is 3.06. The van der Waals surface area contributed by atoms with Crippen LogP contribution in [-0.4, -0.2) is 35.4 Å². The number of anilines is 1. The molecule has 1 heterocycles. The van der Waals surface area contributed by atoms with Crippen molar-refractivity contribution in [2.45, 2.75) is 26.8 Å². The van der Waals surface area contributed by atoms with E-state index in [4.69, 9.17) is 4.74 Å². The second-order valence-electron chi connectivity index (χ2n) is 7.39. The number of amides is 2. The first-order chi connectivity index (χ1) is 14.4. The third-order valence-corrected chi connectivity index (χ3v) is 4.76. The lowest BCUT2D eigenvalue weighted by Gasteiger charge is -2.21. The predicted molar refractivity (Wildman–Crippen MR) is 116 cm³/mol. The summed E-state index contributed by atoms with van der Waals surface area (Å²) >= 11 is 0. The van der Waals surface area contributed by atoms with Crippen LogP contribution in [0.15, 0.2) is 54.6 Å². The van der Waals surface area contributed by atoms with Crippen LogP contribution in [-0.2, 0) is 9.53 Å². The van der Waals surface area contributed by atoms with Gasteiger partial charge in [0.15, 0.2) is 6.61 Å². The Hall–Kier alpha value is -3.61. The number of rotatable bonds is 7. The highest BCUT2D eigenvalue weighted by Crippen LogP contribution is 2.22. The highest BCUT2D eigenvalue weighted by molar-refractivity contribution is 6.10. The van der Waals surface area contributed by atoms with Gasteiger partial charge in [-0.2, -0.15) is 0 Å². The van der Waals surface area contributed by atoms with Crippen molar-refractivity contribution in [2.24, 2.45) is 5.92 Å². The molecule has 2 amide bonds. The molecule has 2 aromatic carbocycles. The fourth-order valence-electron chi connectivity index (χ4n) is 3.26. The second-order valence-corrected chi connectivity index (χ2v) is 7.39. The van der Waals surface area contributed by atoms with Gasteiger partial charge in [-0.05, 0) is 31.0 Å². The summed E-state index contributed by atoms with van der Waals surface area (Å²) in [6, 6.07) is 15.0. The molecule has 0 spiro atoms. The number of nitrogens with one attached hydrogen (secondary N) is 3. The van der Waals surface area contributed by atoms with Gasteiger partial charge in [-0.3, -0.25) is 4.79 Å². The first kappa shape index (κ1) is 21.1. The molecule has 1 aromatic heterocycles. The van der Waals surface area contributed by atoms with E-state index in [-0.39, 0.29) is 11.7 Å². The lowest BCUT2D eigenvalue weighted by molar-refractivity contribution is -0.145. The first-order valence-electron chi connectivity index (χ1n) is 9.76. The number of H-pyrrole nitrogens is 1. The van der Waals surface area contributed by atoms with Crippen molar-refractivity contribution >= 4 is 34.4 Å². The number of fused-ring (bicyclic) bond motifs is 1. The molecule has 30 heavy (non-hydrogen) atoms. The van der Waals surface area contributed by atoms with Gasteiger partial charge in [0, 0.05) is 27.8 Å². The molecule has 3 rings (SSSR count). The zero-order valence-corrected chi connectivity index (χ0v) is 17.2. The quantitative estimate of drug-likeness (QED) is 0.406. The number of Topliss-reactive ketones (excluding diaryl/α,β-unsaturated/α-hetero) is 1. The van der Waals surface area contributed by atoms with Gasteiger partial charge >= 0.3 is 12.0 Å². The van der Waals surface area contributed by atoms with Crippen molar-refractivity contribution in [3.8, 4) is 0 Å². The van der Waals surface area contributed by atoms with Crippen molar-refractivity contribution in [1.82, 2.24) is 10.3 Å². The van der Waals surface area contributed by atoms with Gasteiger partial charge in [-0.25, -0.2) is 9.59 Å². The van der Waals surface area contributed by atoms with Crippen LogP contribution >= 0.6 is 0 Å². The Labute approximate surface area is 174 Å². The van der Waals surface area contributed by atoms with E-state index in [1.54, 1.807) is 45.0 Å². The summed E-state index contributed by atoms with van der Waals surface area (Å²) in [4.78, 5) is 40.7. The predicted octanol–water partition coefficient (Wildman–Crippen LogP) is 4.05. The number of ketones is 1. The van der Waals surface area contributed by atoms with E-state index in [0.29, 0.717) is 11.3 Å². The van der Waals surface area contributed by atoms with Gasteiger partial charge in [0.2, 0.25) is 5.78 Å². The van der Waals surface area contributed by atoms with Gasteiger partial charge in [-0.1, -0.05) is 50.2 Å². The molecule has 0 aliphatic rings. The van der Waals surface area contributed by atoms with Gasteiger partial charge in [0.05, 0.1) is 0 Å². The summed E-state index contributed by atoms with van der Waals surface area (Å²) < 4.78 is 5.26. The normalized spacial score (nSPS) is 11.9. The minimum absolute atomic E-state index is 0.219. The van der Waals surface area contributed by atoms with Crippen LogP contribution < -0.4 is 10.6 Å². The number of para-hydroxylation sites is 2. The van der Waals surface area contributed by atoms with Crippen molar-refractivity contribution in [2.75, 3.05) is 11.9 Å². The van der Waals surface area contributed by atoms with Gasteiger partial charge < -0.3 is 20.4 Å². The Balaban J connectivity index is 1.63. The third kappa shape index (κ3) is 4.86. The number of aromatic amines is 1. The molecule has 0 aliphatic carbocycles. The Morgan fingerprint density at radius 3 is 2.37 bits per heavy atom. The molecule has 0 saturated heterocycles. The van der Waals surface area contributed by atoms with E-state index in [0.717, 1.165) is 16.6 Å². The van der Waals surface area contributed by atoms with Crippen molar-refractivity contribution < 1.29 is 19.1 Å². The molecular formula is C23H25N3O4. The van der Waals surface area contributed by atoms with Crippen molar-refractivity contribution in [3.05, 3.63) is 65.9 Å². The van der Waals surface area contributed by atoms with E-state index in [9.17, 15) is 14.4 Å². The van der Waals surface area contributed by atoms with Crippen LogP contribution in [0.1, 0.15) is 29.9 Å². The molecule has 0 fully saturated rings. The molecule has 0 aliphatic heterocycles. The lowest BCUT2D eigenvalue weighted by Crippen LogP contribution is -2.47. The maximum atomic E-state index is 12.7. The summed E-state index contributed by atoms with van der Waals surface area (Å²) in [6.45, 7) is 4.99. The minimum atomic E-state index is -0.884. The highest BCUT2D eigenvalue weighted by Gasteiger charge is 2.27. The largest absolute Gasteiger partial charge is 0.456 e. The standard InChI is InChI=1S/C23H25N3O4/c1-14(2)21(26-23(29)25-16-9-5-4-6-10-16)22(28)30-13-19(27)20-15(3)24-18-12-8-7-11-17(18)20/h4-12,14,21,24H,13H2,1-3H3,(H2,25,26,29)/t21-/m1/s1. The van der Waals surface area contributed by atoms with Gasteiger partial charge in [0.1, 0.15) is 6.04 Å². The molecule has 1 atom stereocenters. The Kier molecular flexibility index (Phi) is 6.51. The number of carbonyl (C=O) groups is 3. The Morgan fingerprint density at radius 2 is 1.67 bits per heavy atom. The van der Waals surface area contributed by atoms with E-state index in [1.807, 2.05) is 30.3 Å². The molecule has 7 heteroatoms. The third-order valence-electron chi connectivity index (χ3n) is 4.76. The summed E-state index contributed by atoms with van der Waals surface area (Å²) in [5.41, 5.74) is 2.69. The molecule has 0 unspecified atom stereocenters. The average molecular weight is 407 g/mol. The summed E-state index contributed by atoms with van der Waals surface area (Å²) in [6.07, 6.45) is 0. The molecule has 0 bridgehead atoms. The monoisotopic (exact) mass is 407 g/mol. The van der Waals surface area contributed by atoms with Gasteiger partial charge in [0.25, 0.3) is 0 Å². The van der Waals surface area contributed by atoms with Crippen LogP contribution in [0.4, 0.5) is 10.5 Å². The number of aromatic nitrogens is 1. The highest BCUT2D eigenvalue weighted by atomic mass is 16.5. The number of hydrogen-bond acceptors (Lipinski definition) is 4. The summed E-state index contributed by atoms with van der Waals surface area (Å²) in [7, 11) is 0. The van der Waals surface area contributed by atoms with E-state index in [1.165, 1.54) is 0 Å². The van der Waals surface area contributed by atoms with Crippen molar-refractivity contribution in [3.63, 3.8) is 0 Å². The van der Waals surface area contributed by atoms with E-state index >= 15 is 0 Å². The molecule has 3 N–H and O–H groups in total. The van der Waals surface area contributed by atoms with Crippen molar-refractivity contribution in [1.29, 1.82) is 0 Å². The number of ether oxygens (including phenoxy) is 1. The number of urea groups is 1. The van der Waals surface area contributed by atoms with Gasteiger partial charge in [-0.15, -0.1) is 0 Å². The molecule has 7 nitrogen and oxygen atoms in total. The second kappa shape index (κ2) is 9.26. The van der Waals surface area contributed by atoms with Crippen LogP contribution in [0, 0.1) is 12.8 Å². The number of benzene rings is 2. The zero-order valence-electron chi connectivity index (χ0n) is 17.2. The summed E-state index contributed by atoms with van der Waals surface area (Å²) in [5.74, 6) is -1.17. The summed E-state index contributed by atoms with van der Waals surface area (Å²) in [5, 5.41) is 6.08. The SMILES string of the molecule is Cc1[nH]c2ccccc2c1C(=O)COC(=O)[C@H](NC(=O)Nc1ccccc1)C(C)C. The fourth-order valence-corrected chi connectivity index (χ4v) is 3.26. The Morgan fingerprint density at radius 1 is 1.00 bits per heavy atom. The van der Waals surface area contributed by atoms with Crippen LogP contribution in [0.5, 0.6) is 0 Å². The smallest absolute Gasteiger partial charge is 0.329 e. The number of hydrogen-bond donors (Lipinski definition) is 3. The Bertz CT molecular complexity index is 1060.